The van der Waals surface area contributed by atoms with Gasteiger partial charge >= 0.3 is 5.69 Å². The van der Waals surface area contributed by atoms with E-state index in [0.717, 1.165) is 6.42 Å². The second kappa shape index (κ2) is 9.98. The molecule has 0 aliphatic rings. The summed E-state index contributed by atoms with van der Waals surface area (Å²) in [5.74, 6) is -0.115. The molecule has 0 fully saturated rings. The Morgan fingerprint density at radius 3 is 2.61 bits per heavy atom. The lowest BCUT2D eigenvalue weighted by Crippen LogP contribution is -2.43. The number of halogens is 1. The number of unbranched alkanes of at least 4 members (excludes halogenated alkanes) is 1. The number of aromatic amines is 1. The number of nitrogen functional groups attached to an aromatic ring is 1. The number of hydrogen-bond donors (Lipinski definition) is 2. The minimum atomic E-state index is -0.697. The summed E-state index contributed by atoms with van der Waals surface area (Å²) in [5.41, 5.74) is 4.78. The molecule has 2 aromatic rings. The van der Waals surface area contributed by atoms with Gasteiger partial charge in [-0.05, 0) is 25.0 Å². The molecule has 1 heterocycles. The maximum Gasteiger partial charge on any atom is 0.330 e. The van der Waals surface area contributed by atoms with Crippen LogP contribution >= 0.6 is 11.6 Å². The van der Waals surface area contributed by atoms with Gasteiger partial charge in [-0.15, -0.1) is 0 Å². The number of H-pyrrole nitrogens is 1. The van der Waals surface area contributed by atoms with Crippen molar-refractivity contribution in [2.75, 3.05) is 23.8 Å². The number of aromatic nitrogens is 2. The van der Waals surface area contributed by atoms with Crippen LogP contribution in [0.4, 0.5) is 11.5 Å². The highest BCUT2D eigenvalue weighted by Crippen LogP contribution is 2.24. The number of hydrogen-bond acceptors (Lipinski definition) is 5. The van der Waals surface area contributed by atoms with Crippen molar-refractivity contribution in [3.8, 4) is 5.75 Å². The van der Waals surface area contributed by atoms with Gasteiger partial charge in [-0.1, -0.05) is 44.0 Å². The van der Waals surface area contributed by atoms with Crippen molar-refractivity contribution in [2.24, 2.45) is 0 Å². The smallest absolute Gasteiger partial charge is 0.330 e. The van der Waals surface area contributed by atoms with Gasteiger partial charge in [-0.3, -0.25) is 19.1 Å². The Labute approximate surface area is 167 Å². The van der Waals surface area contributed by atoms with Crippen molar-refractivity contribution in [1.82, 2.24) is 9.55 Å². The van der Waals surface area contributed by atoms with Gasteiger partial charge in [0.15, 0.2) is 12.3 Å². The van der Waals surface area contributed by atoms with E-state index in [1.54, 1.807) is 24.3 Å². The van der Waals surface area contributed by atoms with Crippen LogP contribution in [0.1, 0.15) is 33.1 Å². The van der Waals surface area contributed by atoms with Crippen molar-refractivity contribution in [1.29, 1.82) is 0 Å². The molecular weight excluding hydrogens is 384 g/mol. The molecule has 3 N–H and O–H groups in total. The molecule has 0 atom stereocenters. The minimum Gasteiger partial charge on any atom is -0.482 e. The van der Waals surface area contributed by atoms with Gasteiger partial charge in [0.25, 0.3) is 11.5 Å². The lowest BCUT2D eigenvalue weighted by Gasteiger charge is -2.24. The Balaban J connectivity index is 2.36. The standard InChI is InChI=1S/C19H25ClN4O4/c1-3-5-11-23(15(25)12-28-14-9-7-6-8-13(14)20)16-17(21)24(10-4-2)19(27)22-18(16)26/h6-9H,3-5,10-12,21H2,1-2H3,(H,22,26,27). The summed E-state index contributed by atoms with van der Waals surface area (Å²) in [4.78, 5) is 40.9. The molecule has 8 nitrogen and oxygen atoms in total. The van der Waals surface area contributed by atoms with Gasteiger partial charge in [0.1, 0.15) is 11.6 Å². The van der Waals surface area contributed by atoms with Crippen molar-refractivity contribution < 1.29 is 9.53 Å². The molecule has 0 spiro atoms. The summed E-state index contributed by atoms with van der Waals surface area (Å²) in [7, 11) is 0. The summed E-state index contributed by atoms with van der Waals surface area (Å²) in [6.07, 6.45) is 2.11. The van der Waals surface area contributed by atoms with Crippen LogP contribution in [0.3, 0.4) is 0 Å². The normalized spacial score (nSPS) is 10.7. The summed E-state index contributed by atoms with van der Waals surface area (Å²) in [5, 5.41) is 0.379. The maximum absolute atomic E-state index is 12.9. The van der Waals surface area contributed by atoms with Gasteiger partial charge in [0.05, 0.1) is 5.02 Å². The second-order valence-electron chi connectivity index (χ2n) is 6.26. The fraction of sp³-hybridized carbons (Fsp3) is 0.421. The van der Waals surface area contributed by atoms with Crippen molar-refractivity contribution in [3.63, 3.8) is 0 Å². The van der Waals surface area contributed by atoms with Crippen LogP contribution in [0.15, 0.2) is 33.9 Å². The van der Waals surface area contributed by atoms with Crippen LogP contribution in [-0.2, 0) is 11.3 Å². The van der Waals surface area contributed by atoms with Crippen LogP contribution in [0.5, 0.6) is 5.75 Å². The van der Waals surface area contributed by atoms with Crippen LogP contribution in [0.2, 0.25) is 5.02 Å². The van der Waals surface area contributed by atoms with E-state index in [9.17, 15) is 14.4 Å². The zero-order valence-corrected chi connectivity index (χ0v) is 16.8. The molecule has 0 saturated carbocycles. The van der Waals surface area contributed by atoms with E-state index in [1.807, 2.05) is 13.8 Å². The molecule has 1 aromatic heterocycles. The monoisotopic (exact) mass is 408 g/mol. The minimum absolute atomic E-state index is 0.0298. The first kappa shape index (κ1) is 21.6. The second-order valence-corrected chi connectivity index (χ2v) is 6.67. The highest BCUT2D eigenvalue weighted by Gasteiger charge is 2.24. The fourth-order valence-electron chi connectivity index (χ4n) is 2.74. The van der Waals surface area contributed by atoms with E-state index in [4.69, 9.17) is 22.1 Å². The third-order valence-corrected chi connectivity index (χ3v) is 4.47. The number of carbonyl (C=O) groups excluding carboxylic acids is 1. The largest absolute Gasteiger partial charge is 0.482 e. The predicted molar refractivity (Wildman–Crippen MR) is 110 cm³/mol. The number of anilines is 2. The highest BCUT2D eigenvalue weighted by atomic mass is 35.5. The number of nitrogens with two attached hydrogens (primary N) is 1. The average molecular weight is 409 g/mol. The Bertz CT molecular complexity index is 938. The number of rotatable bonds is 9. The summed E-state index contributed by atoms with van der Waals surface area (Å²) in [6.45, 7) is 4.14. The Kier molecular flexibility index (Phi) is 7.69. The third-order valence-electron chi connectivity index (χ3n) is 4.16. The average Bonchev–Trinajstić information content (AvgIpc) is 2.66. The van der Waals surface area contributed by atoms with Crippen molar-refractivity contribution in [3.05, 3.63) is 50.1 Å². The lowest BCUT2D eigenvalue weighted by molar-refractivity contribution is -0.120. The first-order valence-corrected chi connectivity index (χ1v) is 9.58. The van der Waals surface area contributed by atoms with Crippen LogP contribution in [-0.4, -0.2) is 28.6 Å². The molecule has 0 radical (unpaired) electrons. The van der Waals surface area contributed by atoms with Gasteiger partial charge in [-0.25, -0.2) is 4.79 Å². The van der Waals surface area contributed by atoms with Crippen LogP contribution in [0.25, 0.3) is 0 Å². The molecule has 28 heavy (non-hydrogen) atoms. The highest BCUT2D eigenvalue weighted by molar-refractivity contribution is 6.32. The quantitative estimate of drug-likeness (QED) is 0.661. The van der Waals surface area contributed by atoms with Crippen LogP contribution in [0, 0.1) is 0 Å². The Hall–Kier alpha value is -2.74. The number of ether oxygens (including phenoxy) is 1. The molecule has 0 aliphatic heterocycles. The molecule has 9 heteroatoms. The molecule has 152 valence electrons. The molecule has 0 unspecified atom stereocenters. The Morgan fingerprint density at radius 2 is 1.96 bits per heavy atom. The topological polar surface area (TPSA) is 110 Å². The van der Waals surface area contributed by atoms with Crippen LogP contribution < -0.4 is 26.6 Å². The van der Waals surface area contributed by atoms with E-state index in [0.29, 0.717) is 30.2 Å². The van der Waals surface area contributed by atoms with Gasteiger partial charge in [-0.2, -0.15) is 0 Å². The first-order valence-electron chi connectivity index (χ1n) is 9.20. The molecule has 1 amide bonds. The van der Waals surface area contributed by atoms with Gasteiger partial charge < -0.3 is 15.4 Å². The van der Waals surface area contributed by atoms with E-state index >= 15 is 0 Å². The van der Waals surface area contributed by atoms with Crippen molar-refractivity contribution in [2.45, 2.75) is 39.7 Å². The first-order chi connectivity index (χ1) is 13.4. The van der Waals surface area contributed by atoms with E-state index in [1.165, 1.54) is 9.47 Å². The SMILES string of the molecule is CCCCN(C(=O)COc1ccccc1Cl)c1c(N)n(CCC)c(=O)[nH]c1=O. The molecule has 0 saturated heterocycles. The maximum atomic E-state index is 12.9. The van der Waals surface area contributed by atoms with Gasteiger partial charge in [0, 0.05) is 13.1 Å². The summed E-state index contributed by atoms with van der Waals surface area (Å²) >= 11 is 6.05. The number of nitrogens with one attached hydrogen (secondary N) is 1. The summed E-state index contributed by atoms with van der Waals surface area (Å²) in [6, 6.07) is 6.79. The number of benzene rings is 1. The predicted octanol–water partition coefficient (Wildman–Crippen LogP) is 2.39. The number of amides is 1. The molecular formula is C19H25ClN4O4. The number of nitrogens with zero attached hydrogens (tertiary/aromatic N) is 2. The molecule has 1 aromatic carbocycles. The molecule has 2 rings (SSSR count). The third kappa shape index (κ3) is 4.95. The zero-order chi connectivity index (χ0) is 20.7. The van der Waals surface area contributed by atoms with E-state index < -0.39 is 17.2 Å². The van der Waals surface area contributed by atoms with Gasteiger partial charge in [0.2, 0.25) is 0 Å². The fourth-order valence-corrected chi connectivity index (χ4v) is 2.93. The number of para-hydroxylation sites is 1. The van der Waals surface area contributed by atoms with Crippen molar-refractivity contribution >= 4 is 29.0 Å². The zero-order valence-electron chi connectivity index (χ0n) is 16.0. The Morgan fingerprint density at radius 1 is 1.25 bits per heavy atom. The lowest BCUT2D eigenvalue weighted by atomic mass is 10.2. The summed E-state index contributed by atoms with van der Waals surface area (Å²) < 4.78 is 6.78. The molecule has 0 aliphatic carbocycles. The van der Waals surface area contributed by atoms with E-state index in [2.05, 4.69) is 4.98 Å². The number of carbonyl (C=O) groups is 1. The molecule has 0 bridgehead atoms. The van der Waals surface area contributed by atoms with E-state index in [-0.39, 0.29) is 24.7 Å².